The van der Waals surface area contributed by atoms with E-state index in [4.69, 9.17) is 10.9 Å². The molecule has 0 aromatic carbocycles. The molecular formula is C13H29N3O. The van der Waals surface area contributed by atoms with Crippen LogP contribution in [0.5, 0.6) is 0 Å². The molecule has 4 heteroatoms. The number of amidine groups is 1. The van der Waals surface area contributed by atoms with E-state index in [0.717, 1.165) is 19.4 Å². The summed E-state index contributed by atoms with van der Waals surface area (Å²) in [7, 11) is 2.17. The molecule has 0 fully saturated rings. The third-order valence-corrected chi connectivity index (χ3v) is 3.29. The Morgan fingerprint density at radius 3 is 2.35 bits per heavy atom. The monoisotopic (exact) mass is 243 g/mol. The second-order valence-corrected chi connectivity index (χ2v) is 5.48. The lowest BCUT2D eigenvalue weighted by Gasteiger charge is -2.23. The van der Waals surface area contributed by atoms with Crippen LogP contribution in [0.4, 0.5) is 0 Å². The summed E-state index contributed by atoms with van der Waals surface area (Å²) >= 11 is 0. The van der Waals surface area contributed by atoms with Gasteiger partial charge in [0.25, 0.3) is 0 Å². The van der Waals surface area contributed by atoms with Gasteiger partial charge in [-0.25, -0.2) is 0 Å². The van der Waals surface area contributed by atoms with Gasteiger partial charge in [-0.05, 0) is 39.4 Å². The van der Waals surface area contributed by atoms with E-state index in [1.165, 1.54) is 25.8 Å². The summed E-state index contributed by atoms with van der Waals surface area (Å²) in [5.41, 5.74) is 5.45. The summed E-state index contributed by atoms with van der Waals surface area (Å²) in [6.45, 7) is 8.56. The third kappa shape index (κ3) is 7.21. The second kappa shape index (κ2) is 8.34. The van der Waals surface area contributed by atoms with Crippen LogP contribution in [0.3, 0.4) is 0 Å². The highest BCUT2D eigenvalue weighted by molar-refractivity contribution is 5.85. The minimum Gasteiger partial charge on any atom is -0.409 e. The molecule has 0 amide bonds. The van der Waals surface area contributed by atoms with E-state index in [-0.39, 0.29) is 5.41 Å². The molecule has 0 saturated heterocycles. The molecule has 0 aliphatic carbocycles. The van der Waals surface area contributed by atoms with Gasteiger partial charge in [0.15, 0.2) is 0 Å². The molecule has 0 heterocycles. The van der Waals surface area contributed by atoms with E-state index in [1.54, 1.807) is 0 Å². The van der Waals surface area contributed by atoms with Crippen LogP contribution >= 0.6 is 0 Å². The SMILES string of the molecule is CCCCN(C)CCCCC(C)(C)C(N)=NO. The molecule has 0 radical (unpaired) electrons. The van der Waals surface area contributed by atoms with E-state index in [1.807, 2.05) is 13.8 Å². The maximum atomic E-state index is 8.67. The Balaban J connectivity index is 3.70. The van der Waals surface area contributed by atoms with Gasteiger partial charge >= 0.3 is 0 Å². The fraction of sp³-hybridized carbons (Fsp3) is 0.923. The minimum atomic E-state index is -0.198. The van der Waals surface area contributed by atoms with Crippen molar-refractivity contribution in [3.05, 3.63) is 0 Å². The zero-order chi connectivity index (χ0) is 13.3. The Morgan fingerprint density at radius 1 is 1.24 bits per heavy atom. The van der Waals surface area contributed by atoms with Crippen LogP contribution in [-0.4, -0.2) is 36.1 Å². The van der Waals surface area contributed by atoms with E-state index in [0.29, 0.717) is 5.84 Å². The zero-order valence-electron chi connectivity index (χ0n) is 11.9. The van der Waals surface area contributed by atoms with Crippen LogP contribution in [0.2, 0.25) is 0 Å². The van der Waals surface area contributed by atoms with Gasteiger partial charge in [0.2, 0.25) is 0 Å². The number of nitrogens with two attached hydrogens (primary N) is 1. The van der Waals surface area contributed by atoms with Gasteiger partial charge in [0.05, 0.1) is 0 Å². The van der Waals surface area contributed by atoms with Gasteiger partial charge in [-0.3, -0.25) is 0 Å². The molecule has 0 spiro atoms. The quantitative estimate of drug-likeness (QED) is 0.215. The Labute approximate surface area is 106 Å². The van der Waals surface area contributed by atoms with E-state index < -0.39 is 0 Å². The first-order chi connectivity index (χ1) is 7.94. The van der Waals surface area contributed by atoms with Crippen molar-refractivity contribution in [1.29, 1.82) is 0 Å². The highest BCUT2D eigenvalue weighted by Crippen LogP contribution is 2.23. The maximum Gasteiger partial charge on any atom is 0.144 e. The van der Waals surface area contributed by atoms with Crippen LogP contribution < -0.4 is 5.73 Å². The predicted octanol–water partition coefficient (Wildman–Crippen LogP) is 2.66. The molecule has 0 unspecified atom stereocenters. The third-order valence-electron chi connectivity index (χ3n) is 3.29. The van der Waals surface area contributed by atoms with E-state index in [9.17, 15) is 0 Å². The molecule has 0 bridgehead atoms. The van der Waals surface area contributed by atoms with Gasteiger partial charge in [0.1, 0.15) is 5.84 Å². The molecular weight excluding hydrogens is 214 g/mol. The van der Waals surface area contributed by atoms with Gasteiger partial charge < -0.3 is 15.8 Å². The van der Waals surface area contributed by atoms with Crippen molar-refractivity contribution >= 4 is 5.84 Å². The van der Waals surface area contributed by atoms with E-state index in [2.05, 4.69) is 24.0 Å². The lowest BCUT2D eigenvalue weighted by atomic mass is 9.86. The van der Waals surface area contributed by atoms with Crippen LogP contribution in [0.25, 0.3) is 0 Å². The molecule has 4 nitrogen and oxygen atoms in total. The van der Waals surface area contributed by atoms with Gasteiger partial charge in [-0.15, -0.1) is 0 Å². The van der Waals surface area contributed by atoms with Crippen molar-refractivity contribution in [3.63, 3.8) is 0 Å². The number of unbranched alkanes of at least 4 members (excludes halogenated alkanes) is 2. The maximum absolute atomic E-state index is 8.67. The molecule has 0 aliphatic rings. The average molecular weight is 243 g/mol. The standard InChI is InChI=1S/C13H29N3O/c1-5-6-10-16(4)11-8-7-9-13(2,3)12(14)15-17/h17H,5-11H2,1-4H3,(H2,14,15). The zero-order valence-corrected chi connectivity index (χ0v) is 11.9. The van der Waals surface area contributed by atoms with Crippen molar-refractivity contribution in [2.75, 3.05) is 20.1 Å². The summed E-state index contributed by atoms with van der Waals surface area (Å²) in [4.78, 5) is 2.37. The number of oxime groups is 1. The first-order valence-electron chi connectivity index (χ1n) is 6.60. The van der Waals surface area contributed by atoms with Crippen molar-refractivity contribution in [1.82, 2.24) is 4.90 Å². The summed E-state index contributed by atoms with van der Waals surface area (Å²) in [5.74, 6) is 0.330. The fourth-order valence-electron chi connectivity index (χ4n) is 1.75. The molecule has 102 valence electrons. The first-order valence-corrected chi connectivity index (χ1v) is 6.60. The number of nitrogens with zero attached hydrogens (tertiary/aromatic N) is 2. The predicted molar refractivity (Wildman–Crippen MR) is 73.4 cm³/mol. The summed E-state index contributed by atoms with van der Waals surface area (Å²) < 4.78 is 0. The average Bonchev–Trinajstić information content (AvgIpc) is 2.30. The van der Waals surface area contributed by atoms with Crippen LogP contribution in [-0.2, 0) is 0 Å². The van der Waals surface area contributed by atoms with Gasteiger partial charge in [0, 0.05) is 5.41 Å². The van der Waals surface area contributed by atoms with Crippen molar-refractivity contribution < 1.29 is 5.21 Å². The van der Waals surface area contributed by atoms with Gasteiger partial charge in [-0.1, -0.05) is 38.8 Å². The number of hydrogen-bond acceptors (Lipinski definition) is 3. The smallest absolute Gasteiger partial charge is 0.144 e. The van der Waals surface area contributed by atoms with Crippen molar-refractivity contribution in [2.24, 2.45) is 16.3 Å². The normalized spacial score (nSPS) is 13.4. The minimum absolute atomic E-state index is 0.198. The Kier molecular flexibility index (Phi) is 7.96. The summed E-state index contributed by atoms with van der Waals surface area (Å²) in [6.07, 6.45) is 5.76. The molecule has 0 aromatic heterocycles. The van der Waals surface area contributed by atoms with Crippen LogP contribution in [0.15, 0.2) is 5.16 Å². The largest absolute Gasteiger partial charge is 0.409 e. The number of hydrogen-bond donors (Lipinski definition) is 2. The van der Waals surface area contributed by atoms with Crippen LogP contribution in [0, 0.1) is 5.41 Å². The lowest BCUT2D eigenvalue weighted by molar-refractivity contribution is 0.296. The Morgan fingerprint density at radius 2 is 1.82 bits per heavy atom. The molecule has 0 saturated carbocycles. The molecule has 3 N–H and O–H groups in total. The van der Waals surface area contributed by atoms with Crippen LogP contribution in [0.1, 0.15) is 52.9 Å². The number of rotatable bonds is 9. The van der Waals surface area contributed by atoms with Crippen molar-refractivity contribution in [3.8, 4) is 0 Å². The molecule has 0 aromatic rings. The Bertz CT molecular complexity index is 227. The first kappa shape index (κ1) is 16.2. The molecule has 0 atom stereocenters. The van der Waals surface area contributed by atoms with Crippen molar-refractivity contribution in [2.45, 2.75) is 52.9 Å². The lowest BCUT2D eigenvalue weighted by Crippen LogP contribution is -2.32. The summed E-state index contributed by atoms with van der Waals surface area (Å²) in [6, 6.07) is 0. The Hall–Kier alpha value is -0.770. The molecule has 17 heavy (non-hydrogen) atoms. The summed E-state index contributed by atoms with van der Waals surface area (Å²) in [5, 5.41) is 11.8. The molecule has 0 aliphatic heterocycles. The van der Waals surface area contributed by atoms with E-state index >= 15 is 0 Å². The highest BCUT2D eigenvalue weighted by Gasteiger charge is 2.22. The second-order valence-electron chi connectivity index (χ2n) is 5.48. The molecule has 0 rings (SSSR count). The van der Waals surface area contributed by atoms with Gasteiger partial charge in [-0.2, -0.15) is 0 Å². The highest BCUT2D eigenvalue weighted by atomic mass is 16.4. The topological polar surface area (TPSA) is 61.8 Å². The fourth-order valence-corrected chi connectivity index (χ4v) is 1.75.